The summed E-state index contributed by atoms with van der Waals surface area (Å²) in [5, 5.41) is 3.93. The fourth-order valence-corrected chi connectivity index (χ4v) is 3.30. The Morgan fingerprint density at radius 2 is 1.88 bits per heavy atom. The maximum Gasteiger partial charge on any atom is 0.387 e. The number of carbonyl (C=O) groups is 1. The minimum Gasteiger partial charge on any atom is -0.435 e. The molecule has 1 aliphatic rings. The quantitative estimate of drug-likeness (QED) is 0.595. The second-order valence-corrected chi connectivity index (χ2v) is 8.39. The molecule has 8 nitrogen and oxygen atoms in total. The summed E-state index contributed by atoms with van der Waals surface area (Å²) in [6.45, 7) is 3.27. The average Bonchev–Trinajstić information content (AvgIpc) is 2.70. The molecule has 3 rings (SSSR count). The van der Waals surface area contributed by atoms with Crippen molar-refractivity contribution in [2.24, 2.45) is 7.05 Å². The Labute approximate surface area is 188 Å². The van der Waals surface area contributed by atoms with E-state index in [0.717, 1.165) is 12.1 Å². The van der Waals surface area contributed by atoms with Crippen LogP contribution >= 0.6 is 0 Å². The van der Waals surface area contributed by atoms with Crippen molar-refractivity contribution in [3.8, 4) is 5.75 Å². The summed E-state index contributed by atoms with van der Waals surface area (Å²) in [7, 11) is 1.43. The van der Waals surface area contributed by atoms with Crippen molar-refractivity contribution in [1.82, 2.24) is 9.63 Å². The zero-order valence-corrected chi connectivity index (χ0v) is 18.8. The number of hydrogen-bond donors (Lipinski definition) is 1. The van der Waals surface area contributed by atoms with Crippen LogP contribution < -0.4 is 15.6 Å². The van der Waals surface area contributed by atoms with Gasteiger partial charge in [-0.15, -0.1) is 0 Å². The molecule has 2 aromatic rings. The van der Waals surface area contributed by atoms with Crippen LogP contribution in [-0.2, 0) is 23.0 Å². The number of ether oxygens (including phenoxy) is 2. The monoisotopic (exact) mass is 469 g/mol. The van der Waals surface area contributed by atoms with Crippen molar-refractivity contribution in [2.75, 3.05) is 25.1 Å². The maximum absolute atomic E-state index is 14.5. The molecule has 1 aromatic heterocycles. The fraction of sp³-hybridized carbons (Fsp3) is 0.455. The molecule has 0 bridgehead atoms. The molecule has 1 aliphatic heterocycles. The third kappa shape index (κ3) is 6.05. The van der Waals surface area contributed by atoms with Gasteiger partial charge in [0.25, 0.3) is 11.5 Å². The first kappa shape index (κ1) is 24.6. The van der Waals surface area contributed by atoms with Gasteiger partial charge in [-0.3, -0.25) is 19.0 Å². The van der Waals surface area contributed by atoms with Crippen molar-refractivity contribution in [3.05, 3.63) is 51.6 Å². The number of pyridine rings is 1. The number of carbonyl (C=O) groups excluding carboxylic acids is 1. The molecule has 180 valence electrons. The Bertz CT molecular complexity index is 1080. The third-order valence-electron chi connectivity index (χ3n) is 4.83. The number of benzene rings is 1. The highest BCUT2D eigenvalue weighted by molar-refractivity contribution is 6.01. The van der Waals surface area contributed by atoms with E-state index in [4.69, 9.17) is 9.57 Å². The number of rotatable bonds is 8. The first-order valence-corrected chi connectivity index (χ1v) is 10.3. The summed E-state index contributed by atoms with van der Waals surface area (Å²) < 4.78 is 50.2. The van der Waals surface area contributed by atoms with Crippen LogP contribution in [0.2, 0.25) is 0 Å². The number of hydroxylamine groups is 2. The molecule has 0 unspecified atom stereocenters. The smallest absolute Gasteiger partial charge is 0.387 e. The van der Waals surface area contributed by atoms with E-state index < -0.39 is 23.9 Å². The van der Waals surface area contributed by atoms with Gasteiger partial charge in [-0.2, -0.15) is 8.78 Å². The Hall–Kier alpha value is -3.05. The zero-order chi connectivity index (χ0) is 24.3. The van der Waals surface area contributed by atoms with Gasteiger partial charge in [-0.1, -0.05) is 0 Å². The molecule has 0 radical (unpaired) electrons. The predicted octanol–water partition coefficient (Wildman–Crippen LogP) is 3.61. The molecule has 1 N–H and O–H groups in total. The van der Waals surface area contributed by atoms with Gasteiger partial charge in [0.05, 0.1) is 36.6 Å². The molecule has 1 aromatic carbocycles. The highest BCUT2D eigenvalue weighted by Crippen LogP contribution is 2.30. The molecule has 11 heteroatoms. The van der Waals surface area contributed by atoms with Crippen molar-refractivity contribution < 1.29 is 32.3 Å². The average molecular weight is 469 g/mol. The minimum absolute atomic E-state index is 0.0585. The molecular formula is C22H26F3N3O5. The van der Waals surface area contributed by atoms with Crippen LogP contribution in [0.15, 0.2) is 29.1 Å². The Morgan fingerprint density at radius 1 is 1.15 bits per heavy atom. The Balaban J connectivity index is 1.85. The van der Waals surface area contributed by atoms with Gasteiger partial charge in [0.1, 0.15) is 17.4 Å². The third-order valence-corrected chi connectivity index (χ3v) is 4.83. The van der Waals surface area contributed by atoms with E-state index in [2.05, 4.69) is 10.1 Å². The van der Waals surface area contributed by atoms with Crippen LogP contribution in [0, 0.1) is 5.82 Å². The van der Waals surface area contributed by atoms with Gasteiger partial charge in [-0.25, -0.2) is 9.45 Å². The number of aromatic nitrogens is 1. The molecule has 0 spiro atoms. The van der Waals surface area contributed by atoms with Gasteiger partial charge >= 0.3 is 6.61 Å². The zero-order valence-electron chi connectivity index (χ0n) is 18.8. The summed E-state index contributed by atoms with van der Waals surface area (Å²) in [5.74, 6) is -1.69. The topological polar surface area (TPSA) is 82.0 Å². The number of fused-ring (bicyclic) bond motifs is 1. The van der Waals surface area contributed by atoms with E-state index >= 15 is 0 Å². The Morgan fingerprint density at radius 3 is 2.52 bits per heavy atom. The van der Waals surface area contributed by atoms with Gasteiger partial charge in [-0.05, 0) is 44.9 Å². The molecule has 0 aliphatic carbocycles. The number of nitrogens with zero attached hydrogens (tertiary/aromatic N) is 2. The number of amides is 1. The summed E-state index contributed by atoms with van der Waals surface area (Å²) in [6.07, 6.45) is 0.357. The van der Waals surface area contributed by atoms with Gasteiger partial charge < -0.3 is 14.8 Å². The van der Waals surface area contributed by atoms with E-state index in [1.165, 1.54) is 28.8 Å². The van der Waals surface area contributed by atoms with E-state index in [1.807, 2.05) is 20.8 Å². The van der Waals surface area contributed by atoms with Crippen LogP contribution in [0.5, 0.6) is 5.75 Å². The lowest BCUT2D eigenvalue weighted by Gasteiger charge is -2.30. The van der Waals surface area contributed by atoms with Crippen molar-refractivity contribution >= 4 is 17.4 Å². The largest absolute Gasteiger partial charge is 0.435 e. The van der Waals surface area contributed by atoms with Crippen molar-refractivity contribution in [1.29, 1.82) is 0 Å². The number of hydrogen-bond acceptors (Lipinski definition) is 6. The van der Waals surface area contributed by atoms with Crippen molar-refractivity contribution in [2.45, 2.75) is 39.4 Å². The normalized spacial score (nSPS) is 13.9. The number of halogens is 3. The van der Waals surface area contributed by atoms with E-state index in [-0.39, 0.29) is 48.2 Å². The molecule has 2 heterocycles. The molecule has 0 saturated heterocycles. The van der Waals surface area contributed by atoms with Crippen LogP contribution in [0.4, 0.5) is 24.7 Å². The summed E-state index contributed by atoms with van der Waals surface area (Å²) in [6, 6.07) is 4.47. The molecule has 0 saturated carbocycles. The Kier molecular flexibility index (Phi) is 7.33. The second kappa shape index (κ2) is 9.84. The number of anilines is 2. The van der Waals surface area contributed by atoms with E-state index in [9.17, 15) is 22.8 Å². The standard InChI is InChI=1S/C22H26F3N3O5/c1-22(2,3)31-9-10-32-28-8-7-13-11-17(29)27(4)19(18(13)20(28)30)26-16-6-5-14(12-15(16)23)33-21(24)25/h5-6,11-12,21,26H,7-10H2,1-4H3. The van der Waals surface area contributed by atoms with E-state index in [1.54, 1.807) is 0 Å². The second-order valence-electron chi connectivity index (χ2n) is 8.39. The summed E-state index contributed by atoms with van der Waals surface area (Å²) in [4.78, 5) is 31.1. The van der Waals surface area contributed by atoms with Gasteiger partial charge in [0, 0.05) is 19.2 Å². The van der Waals surface area contributed by atoms with Gasteiger partial charge in [0.2, 0.25) is 0 Å². The highest BCUT2D eigenvalue weighted by atomic mass is 19.3. The first-order chi connectivity index (χ1) is 15.5. The lowest BCUT2D eigenvalue weighted by Crippen LogP contribution is -2.41. The highest BCUT2D eigenvalue weighted by Gasteiger charge is 2.30. The summed E-state index contributed by atoms with van der Waals surface area (Å²) in [5.41, 5.74) is -0.210. The SMILES string of the molecule is Cn1c(Nc2ccc(OC(F)F)cc2F)c2c(cc1=O)CCN(OCCOC(C)(C)C)C2=O. The van der Waals surface area contributed by atoms with Crippen LogP contribution in [0.1, 0.15) is 36.7 Å². The molecule has 33 heavy (non-hydrogen) atoms. The van der Waals surface area contributed by atoms with Crippen LogP contribution in [-0.4, -0.2) is 47.5 Å². The lowest BCUT2D eigenvalue weighted by atomic mass is 10.0. The first-order valence-electron chi connectivity index (χ1n) is 10.3. The maximum atomic E-state index is 14.5. The fourth-order valence-electron chi connectivity index (χ4n) is 3.30. The minimum atomic E-state index is -3.09. The molecular weight excluding hydrogens is 443 g/mol. The lowest BCUT2D eigenvalue weighted by molar-refractivity contribution is -0.148. The summed E-state index contributed by atoms with van der Waals surface area (Å²) >= 11 is 0. The number of alkyl halides is 2. The van der Waals surface area contributed by atoms with Crippen LogP contribution in [0.25, 0.3) is 0 Å². The van der Waals surface area contributed by atoms with E-state index in [0.29, 0.717) is 12.0 Å². The molecule has 0 fully saturated rings. The molecule has 1 amide bonds. The van der Waals surface area contributed by atoms with Crippen LogP contribution in [0.3, 0.4) is 0 Å². The molecule has 0 atom stereocenters. The van der Waals surface area contributed by atoms with Gasteiger partial charge in [0.15, 0.2) is 0 Å². The predicted molar refractivity (Wildman–Crippen MR) is 114 cm³/mol. The number of nitrogens with one attached hydrogen (secondary N) is 1. The van der Waals surface area contributed by atoms with Crippen molar-refractivity contribution in [3.63, 3.8) is 0 Å².